The molecule has 7 saturated heterocycles. The van der Waals surface area contributed by atoms with Gasteiger partial charge in [-0.25, -0.2) is 14.4 Å². The molecule has 38 atom stereocenters. The third kappa shape index (κ3) is 19.6. The third-order valence-corrected chi connectivity index (χ3v) is 19.1. The second kappa shape index (κ2) is 37.7. The van der Waals surface area contributed by atoms with Crippen molar-refractivity contribution in [1.82, 2.24) is 21.3 Å². The van der Waals surface area contributed by atoms with Gasteiger partial charge in [-0.1, -0.05) is 0 Å². The van der Waals surface area contributed by atoms with Crippen LogP contribution in [0.15, 0.2) is 0 Å². The van der Waals surface area contributed by atoms with Crippen LogP contribution in [-0.2, 0) is 95.1 Å². The lowest BCUT2D eigenvalue weighted by molar-refractivity contribution is -0.391. The number of ether oxygens (including phenoxy) is 13. The molecule has 7 fully saturated rings. The van der Waals surface area contributed by atoms with Crippen LogP contribution in [0.4, 0.5) is 0 Å². The molecule has 0 aliphatic carbocycles. The molecule has 49 nitrogen and oxygen atoms in total. The van der Waals surface area contributed by atoms with Gasteiger partial charge in [0.15, 0.2) is 25.2 Å². The Morgan fingerprint density at radius 2 is 0.769 bits per heavy atom. The first-order valence-corrected chi connectivity index (χ1v) is 33.5. The molecule has 622 valence electrons. The Labute approximate surface area is 609 Å². The van der Waals surface area contributed by atoms with Crippen LogP contribution in [0.2, 0.25) is 0 Å². The predicted molar refractivity (Wildman–Crippen MR) is 330 cm³/mol. The number of aliphatic hydroxyl groups excluding tert-OH is 22. The van der Waals surface area contributed by atoms with Gasteiger partial charge in [-0.05, 0) is 0 Å². The number of rotatable bonds is 32. The molecular weight excluding hydrogens is 1480 g/mol. The number of nitrogens with one attached hydrogen (secondary N) is 4. The molecule has 49 heteroatoms. The van der Waals surface area contributed by atoms with Crippen molar-refractivity contribution in [2.75, 3.05) is 46.2 Å². The van der Waals surface area contributed by atoms with Gasteiger partial charge in [0.05, 0.1) is 82.7 Å². The summed E-state index contributed by atoms with van der Waals surface area (Å²) in [6.07, 6.45) is -75.8. The van der Waals surface area contributed by atoms with Crippen LogP contribution in [0.5, 0.6) is 0 Å². The van der Waals surface area contributed by atoms with Gasteiger partial charge in [0.1, 0.15) is 153 Å². The lowest BCUT2D eigenvalue weighted by Gasteiger charge is -2.52. The fourth-order valence-electron chi connectivity index (χ4n) is 13.6. The molecule has 7 aliphatic heterocycles. The van der Waals surface area contributed by atoms with Gasteiger partial charge in [-0.15, -0.1) is 0 Å². The zero-order valence-electron chi connectivity index (χ0n) is 57.6. The van der Waals surface area contributed by atoms with Gasteiger partial charge < -0.3 is 211 Å². The van der Waals surface area contributed by atoms with Crippen molar-refractivity contribution in [3.8, 4) is 0 Å². The Morgan fingerprint density at radius 1 is 0.398 bits per heavy atom. The highest BCUT2D eigenvalue weighted by Crippen LogP contribution is 2.43. The summed E-state index contributed by atoms with van der Waals surface area (Å²) < 4.78 is 75.0. The summed E-state index contributed by atoms with van der Waals surface area (Å²) in [7, 11) is 0. The van der Waals surface area contributed by atoms with Gasteiger partial charge in [0.25, 0.3) is 17.4 Å². The van der Waals surface area contributed by atoms with Crippen molar-refractivity contribution in [3.05, 3.63) is 0 Å². The van der Waals surface area contributed by atoms with E-state index < -0.39 is 339 Å². The van der Waals surface area contributed by atoms with E-state index in [4.69, 9.17) is 61.6 Å². The lowest BCUT2D eigenvalue weighted by atomic mass is 9.87. The SMILES string of the molecule is CC(=O)N[C@H]1[C@H](O[C@@H]2[C@H](O)[C@@H](O)[C@H](O[C@H]3[C@H](O)[C@@H](O)[C@H](O)O[C@@H]3CO)O[C@@H]2CO)O[C@H](CO[C@]2(C(=O)O)C[C@H](O)[C@@H](NC(C)=O)[C@H]([C@H](O)[C@@H](CO)O[C@]3(C(=O)O)C[C@H](O)[C@@H](NC(C)=O)[C@H]([C@H](O)[C@H](O)CO)O3)O2)[C@H](O)[C@@H]1O[C@@H]1O[C@H](CO)[C@H](O)[C@H](O[C@]2(C(=O)O)C[C@H](O)[C@@H](NC(C)=O)[C@H]([C@H](O)[C@H](O)CO)O2)[C@H]1O. The normalized spacial score (nSPS) is 43.4. The zero-order valence-corrected chi connectivity index (χ0v) is 57.6. The monoisotopic (exact) mass is 1580 g/mol. The Kier molecular flexibility index (Phi) is 31.4. The Hall–Kier alpha value is -5.11. The fraction of sp³-hybridized carbons (Fsp3) is 0.881. The predicted octanol–water partition coefficient (Wildman–Crippen LogP) is -18.1. The highest BCUT2D eigenvalue weighted by Gasteiger charge is 2.64. The fourth-order valence-corrected chi connectivity index (χ4v) is 13.6. The minimum atomic E-state index is -3.51. The molecule has 7 aliphatic rings. The van der Waals surface area contributed by atoms with Crippen LogP contribution in [-0.4, -0.2) is 447 Å². The van der Waals surface area contributed by atoms with E-state index in [1.54, 1.807) is 0 Å². The van der Waals surface area contributed by atoms with Crippen LogP contribution in [0.3, 0.4) is 0 Å². The van der Waals surface area contributed by atoms with Gasteiger partial charge in [-0.3, -0.25) is 19.2 Å². The van der Waals surface area contributed by atoms with Crippen molar-refractivity contribution in [2.45, 2.75) is 278 Å². The molecule has 0 aromatic heterocycles. The molecule has 4 amide bonds. The first kappa shape index (κ1) is 90.1. The van der Waals surface area contributed by atoms with Crippen LogP contribution in [0, 0.1) is 0 Å². The summed E-state index contributed by atoms with van der Waals surface area (Å²) in [4.78, 5) is 91.1. The second-order valence-electron chi connectivity index (χ2n) is 26.8. The maximum absolute atomic E-state index is 13.8. The van der Waals surface area contributed by atoms with Crippen molar-refractivity contribution in [3.63, 3.8) is 0 Å². The Balaban J connectivity index is 1.29. The van der Waals surface area contributed by atoms with Crippen molar-refractivity contribution in [1.29, 1.82) is 0 Å². The number of carboxylic acid groups (broad SMARTS) is 3. The Bertz CT molecular complexity index is 3010. The van der Waals surface area contributed by atoms with E-state index in [-0.39, 0.29) is 0 Å². The smallest absolute Gasteiger partial charge is 0.364 e. The van der Waals surface area contributed by atoms with Crippen LogP contribution in [0.1, 0.15) is 47.0 Å². The molecule has 29 N–H and O–H groups in total. The second-order valence-corrected chi connectivity index (χ2v) is 26.8. The number of hydrogen-bond acceptors (Lipinski definition) is 42. The summed E-state index contributed by atoms with van der Waals surface area (Å²) in [6, 6.07) is -7.92. The molecule has 0 saturated carbocycles. The van der Waals surface area contributed by atoms with Gasteiger partial charge in [0.2, 0.25) is 23.6 Å². The topological polar surface area (TPSA) is 793 Å². The van der Waals surface area contributed by atoms with E-state index in [1.165, 1.54) is 0 Å². The number of hydrogen-bond donors (Lipinski definition) is 29. The van der Waals surface area contributed by atoms with Crippen LogP contribution >= 0.6 is 0 Å². The van der Waals surface area contributed by atoms with E-state index in [0.29, 0.717) is 0 Å². The number of carboxylic acids is 3. The van der Waals surface area contributed by atoms with Gasteiger partial charge in [0, 0.05) is 47.0 Å². The summed E-state index contributed by atoms with van der Waals surface area (Å²) in [5.74, 6) is -21.1. The summed E-state index contributed by atoms with van der Waals surface area (Å²) in [6.45, 7) is -5.75. The zero-order chi connectivity index (χ0) is 80.8. The first-order valence-electron chi connectivity index (χ1n) is 33.5. The number of carbonyl (C=O) groups excluding carboxylic acids is 4. The summed E-state index contributed by atoms with van der Waals surface area (Å²) >= 11 is 0. The average Bonchev–Trinajstić information content (AvgIpc) is 0.763. The maximum Gasteiger partial charge on any atom is 0.364 e. The van der Waals surface area contributed by atoms with E-state index in [2.05, 4.69) is 21.3 Å². The molecule has 0 bridgehead atoms. The number of aliphatic hydroxyl groups is 22. The Morgan fingerprint density at radius 3 is 1.22 bits per heavy atom. The van der Waals surface area contributed by atoms with E-state index in [1.807, 2.05) is 0 Å². The number of aliphatic carboxylic acids is 3. The molecule has 7 heterocycles. The largest absolute Gasteiger partial charge is 0.477 e. The van der Waals surface area contributed by atoms with Crippen molar-refractivity contribution in [2.24, 2.45) is 0 Å². The third-order valence-electron chi connectivity index (χ3n) is 19.1. The minimum Gasteiger partial charge on any atom is -0.477 e. The van der Waals surface area contributed by atoms with Crippen LogP contribution in [0.25, 0.3) is 0 Å². The van der Waals surface area contributed by atoms with Crippen molar-refractivity contribution < 1.29 is 223 Å². The minimum absolute atomic E-state index is 0.809. The molecule has 0 unspecified atom stereocenters. The van der Waals surface area contributed by atoms with Crippen molar-refractivity contribution >= 4 is 41.5 Å². The molecule has 7 rings (SSSR count). The molecule has 0 aromatic carbocycles. The number of carbonyl (C=O) groups is 7. The van der Waals surface area contributed by atoms with E-state index >= 15 is 0 Å². The average molecular weight is 1580 g/mol. The van der Waals surface area contributed by atoms with Gasteiger partial charge >= 0.3 is 17.9 Å². The van der Waals surface area contributed by atoms with Gasteiger partial charge in [-0.2, -0.15) is 0 Å². The molecule has 0 radical (unpaired) electrons. The molecule has 108 heavy (non-hydrogen) atoms. The summed E-state index contributed by atoms with van der Waals surface area (Å²) in [5.41, 5.74) is 0. The highest BCUT2D eigenvalue weighted by atomic mass is 16.8. The quantitative estimate of drug-likeness (QED) is 0.0297. The standard InChI is InChI=1S/C59H96N4O45/c1-15(70)60-29-20(75)6-58(55(92)93,106-46(29)33(79)22(77)8-64)104-25(11-67)36(82)48-31(62-17(3)72)19(74)5-57(105-48,54(90)91)96-14-28-37(83)45(32(63-18(4)73)51(100-28)101-44-27(13-69)99-52(41(87)39(44)85)102-43-26(12-68)97-50(89)40(86)38(43)84)103-53-42(88)49(35(81)24(10-66)98-53)108-59(56(94)95)7-21(76)30(61-16(2)71)47(107-59)34(80)23(78)9-65/h19-53,64-69,74-89H,5-14H2,1-4H3,(H,60,70)(H,61,71)(H,62,72)(H,63,73)(H,90,91)(H,92,93)(H,94,95)/t19-,20-,21-,22+,23+,24+,25+,26+,27+,28+,29+,30+,31+,32+,33+,34+,35-,36+,37-,38+,39+,40+,41+,42+,43+,44-,45+,46+,47+,48+,49-,50+,51-,52-,53-,57+,58+,59-/m0/s1. The lowest BCUT2D eigenvalue weighted by Crippen LogP contribution is -2.72. The highest BCUT2D eigenvalue weighted by molar-refractivity contribution is 5.78. The van der Waals surface area contributed by atoms with Crippen LogP contribution < -0.4 is 21.3 Å². The summed E-state index contributed by atoms with van der Waals surface area (Å²) in [5, 5.41) is 284. The molecule has 0 aromatic rings. The molecular formula is C59H96N4O45. The van der Waals surface area contributed by atoms with E-state index in [0.717, 1.165) is 27.7 Å². The number of amides is 4. The molecule has 0 spiro atoms. The first-order chi connectivity index (χ1) is 50.5. The maximum atomic E-state index is 13.8. The van der Waals surface area contributed by atoms with E-state index in [9.17, 15) is 161 Å².